The summed E-state index contributed by atoms with van der Waals surface area (Å²) in [5.41, 5.74) is 7.84. The zero-order chi connectivity index (χ0) is 27.1. The fraction of sp³-hybridized carbons (Fsp3) is 0.333. The molecule has 202 valence electrons. The van der Waals surface area contributed by atoms with Gasteiger partial charge in [-0.25, -0.2) is 19.3 Å². The molecular weight excluding hydrogens is 527 g/mol. The van der Waals surface area contributed by atoms with Gasteiger partial charge < -0.3 is 11.1 Å². The van der Waals surface area contributed by atoms with Gasteiger partial charge in [-0.15, -0.1) is 0 Å². The standard InChI is InChI=1S/C27H26F3N7OS/c28-27(29,30)19-9-10-32-21(14-19)34-26(38)17-5-3-16(4-6-17)22-23-24(31)33-11-13-37(23)25(35-22)18-2-1-12-36(15-18)39-20-7-8-20/h3-6,9-11,13-14,18,20H,1-2,7-8,12,15H2,(H2,31,33)(H,32,34,38). The SMILES string of the molecule is Nc1nccn2c(C3CCCN(SC4CC4)C3)nc(-c3ccc(C(=O)Nc4cc(C(F)(F)F)ccn4)cc3)c12. The summed E-state index contributed by atoms with van der Waals surface area (Å²) in [6, 6.07) is 8.36. The molecule has 2 aliphatic rings. The number of piperidine rings is 1. The molecule has 3 aromatic heterocycles. The minimum atomic E-state index is -4.53. The monoisotopic (exact) mass is 553 g/mol. The first-order chi connectivity index (χ1) is 18.8. The van der Waals surface area contributed by atoms with Crippen molar-refractivity contribution < 1.29 is 18.0 Å². The largest absolute Gasteiger partial charge is 0.416 e. The highest BCUT2D eigenvalue weighted by atomic mass is 32.2. The predicted molar refractivity (Wildman–Crippen MR) is 144 cm³/mol. The average molecular weight is 554 g/mol. The lowest BCUT2D eigenvalue weighted by Gasteiger charge is -2.31. The summed E-state index contributed by atoms with van der Waals surface area (Å²) in [6.07, 6.45) is 4.74. The lowest BCUT2D eigenvalue weighted by molar-refractivity contribution is -0.137. The Morgan fingerprint density at radius 3 is 2.62 bits per heavy atom. The van der Waals surface area contributed by atoms with Crippen LogP contribution in [0.25, 0.3) is 16.8 Å². The third-order valence-corrected chi connectivity index (χ3v) is 8.33. The van der Waals surface area contributed by atoms with E-state index in [4.69, 9.17) is 10.7 Å². The van der Waals surface area contributed by atoms with Gasteiger partial charge >= 0.3 is 6.18 Å². The number of pyridine rings is 1. The van der Waals surface area contributed by atoms with E-state index in [9.17, 15) is 18.0 Å². The van der Waals surface area contributed by atoms with Crippen molar-refractivity contribution in [2.75, 3.05) is 24.1 Å². The number of carbonyl (C=O) groups excluding carboxylic acids is 1. The fourth-order valence-corrected chi connectivity index (χ4v) is 6.12. The van der Waals surface area contributed by atoms with Crippen molar-refractivity contribution >= 4 is 35.0 Å². The predicted octanol–water partition coefficient (Wildman–Crippen LogP) is 5.63. The molecule has 6 rings (SSSR count). The van der Waals surface area contributed by atoms with E-state index in [1.165, 1.54) is 12.8 Å². The van der Waals surface area contributed by atoms with Crippen molar-refractivity contribution in [2.24, 2.45) is 0 Å². The Bertz CT molecular complexity index is 1520. The van der Waals surface area contributed by atoms with Gasteiger partial charge in [-0.2, -0.15) is 13.2 Å². The third-order valence-electron chi connectivity index (χ3n) is 6.93. The van der Waals surface area contributed by atoms with E-state index in [2.05, 4.69) is 19.6 Å². The summed E-state index contributed by atoms with van der Waals surface area (Å²) >= 11 is 1.96. The topological polar surface area (TPSA) is 101 Å². The van der Waals surface area contributed by atoms with Crippen molar-refractivity contribution in [2.45, 2.75) is 43.0 Å². The highest BCUT2D eigenvalue weighted by Gasteiger charge is 2.32. The number of anilines is 2. The molecule has 1 aliphatic carbocycles. The average Bonchev–Trinajstić information content (AvgIpc) is 3.65. The van der Waals surface area contributed by atoms with Crippen LogP contribution in [-0.4, -0.2) is 47.9 Å². The van der Waals surface area contributed by atoms with Crippen LogP contribution in [0.4, 0.5) is 24.8 Å². The lowest BCUT2D eigenvalue weighted by Crippen LogP contribution is -2.30. The Kier molecular flexibility index (Phi) is 6.67. The number of fused-ring (bicyclic) bond motifs is 1. The van der Waals surface area contributed by atoms with E-state index in [1.807, 2.05) is 22.5 Å². The molecule has 3 N–H and O–H groups in total. The smallest absolute Gasteiger partial charge is 0.382 e. The Morgan fingerprint density at radius 2 is 1.87 bits per heavy atom. The van der Waals surface area contributed by atoms with Gasteiger partial charge in [-0.05, 0) is 49.9 Å². The van der Waals surface area contributed by atoms with Gasteiger partial charge in [-0.3, -0.25) is 9.20 Å². The number of nitrogens with two attached hydrogens (primary N) is 1. The van der Waals surface area contributed by atoms with Gasteiger partial charge in [0, 0.05) is 54.0 Å². The number of rotatable bonds is 6. The summed E-state index contributed by atoms with van der Waals surface area (Å²) in [4.78, 5) is 25.9. The number of imidazole rings is 1. The molecule has 1 atom stereocenters. The van der Waals surface area contributed by atoms with E-state index in [1.54, 1.807) is 30.5 Å². The number of hydrogen-bond acceptors (Lipinski definition) is 7. The van der Waals surface area contributed by atoms with Crippen LogP contribution in [-0.2, 0) is 6.18 Å². The molecule has 0 bridgehead atoms. The summed E-state index contributed by atoms with van der Waals surface area (Å²) in [7, 11) is 0. The van der Waals surface area contributed by atoms with Crippen LogP contribution in [0.1, 0.15) is 53.3 Å². The minimum absolute atomic E-state index is 0.177. The summed E-state index contributed by atoms with van der Waals surface area (Å²) in [5.74, 6) is 0.804. The molecule has 1 aliphatic heterocycles. The van der Waals surface area contributed by atoms with E-state index in [-0.39, 0.29) is 17.3 Å². The molecule has 0 spiro atoms. The number of nitrogen functional groups attached to an aromatic ring is 1. The van der Waals surface area contributed by atoms with Crippen LogP contribution in [0.5, 0.6) is 0 Å². The molecule has 1 amide bonds. The Labute approximate surface area is 227 Å². The number of amides is 1. The summed E-state index contributed by atoms with van der Waals surface area (Å²) < 4.78 is 43.5. The molecule has 1 saturated carbocycles. The Hall–Kier alpha value is -3.64. The number of hydrogen-bond donors (Lipinski definition) is 2. The normalized spacial score (nSPS) is 18.4. The quantitative estimate of drug-likeness (QED) is 0.298. The number of halogens is 3. The first kappa shape index (κ1) is 25.6. The van der Waals surface area contributed by atoms with Gasteiger partial charge in [0.2, 0.25) is 0 Å². The van der Waals surface area contributed by atoms with Crippen LogP contribution >= 0.6 is 11.9 Å². The lowest BCUT2D eigenvalue weighted by atomic mass is 9.99. The number of carbonyl (C=O) groups is 1. The second kappa shape index (κ2) is 10.2. The molecule has 4 heterocycles. The van der Waals surface area contributed by atoms with Crippen molar-refractivity contribution in [3.63, 3.8) is 0 Å². The van der Waals surface area contributed by atoms with Gasteiger partial charge in [0.1, 0.15) is 28.7 Å². The number of benzene rings is 1. The Morgan fingerprint density at radius 1 is 1.08 bits per heavy atom. The third kappa shape index (κ3) is 5.44. The number of alkyl halides is 3. The van der Waals surface area contributed by atoms with Gasteiger partial charge in [0.15, 0.2) is 0 Å². The van der Waals surface area contributed by atoms with Crippen molar-refractivity contribution in [1.82, 2.24) is 23.7 Å². The summed E-state index contributed by atoms with van der Waals surface area (Å²) in [6.45, 7) is 2.00. The molecule has 4 aromatic rings. The van der Waals surface area contributed by atoms with Gasteiger partial charge in [-0.1, -0.05) is 24.1 Å². The molecule has 1 unspecified atom stereocenters. The van der Waals surface area contributed by atoms with E-state index < -0.39 is 17.6 Å². The second-order valence-electron chi connectivity index (χ2n) is 9.84. The number of aromatic nitrogens is 4. The van der Waals surface area contributed by atoms with E-state index in [0.717, 1.165) is 60.9 Å². The first-order valence-electron chi connectivity index (χ1n) is 12.8. The van der Waals surface area contributed by atoms with Crippen molar-refractivity contribution in [1.29, 1.82) is 0 Å². The molecule has 2 fully saturated rings. The maximum Gasteiger partial charge on any atom is 0.416 e. The maximum absolute atomic E-state index is 13.0. The zero-order valence-corrected chi connectivity index (χ0v) is 21.7. The van der Waals surface area contributed by atoms with Crippen molar-refractivity contribution in [3.05, 3.63) is 71.9 Å². The molecule has 8 nitrogen and oxygen atoms in total. The maximum atomic E-state index is 13.0. The zero-order valence-electron chi connectivity index (χ0n) is 20.9. The fourth-order valence-electron chi connectivity index (χ4n) is 4.85. The second-order valence-corrected chi connectivity index (χ2v) is 11.2. The first-order valence-corrected chi connectivity index (χ1v) is 13.6. The molecule has 1 saturated heterocycles. The van der Waals surface area contributed by atoms with Gasteiger partial charge in [0.25, 0.3) is 5.91 Å². The number of nitrogens with zero attached hydrogens (tertiary/aromatic N) is 5. The summed E-state index contributed by atoms with van der Waals surface area (Å²) in [5, 5.41) is 3.18. The molecular formula is C27H26F3N7OS. The van der Waals surface area contributed by atoms with Crippen molar-refractivity contribution in [3.8, 4) is 11.3 Å². The van der Waals surface area contributed by atoms with Crippen LogP contribution < -0.4 is 11.1 Å². The van der Waals surface area contributed by atoms with Crippen LogP contribution in [0.15, 0.2) is 55.0 Å². The van der Waals surface area contributed by atoms with Crippen LogP contribution in [0.2, 0.25) is 0 Å². The minimum Gasteiger partial charge on any atom is -0.382 e. The Balaban J connectivity index is 1.26. The van der Waals surface area contributed by atoms with Crippen LogP contribution in [0.3, 0.4) is 0 Å². The molecule has 12 heteroatoms. The molecule has 1 aromatic carbocycles. The number of nitrogens with one attached hydrogen (secondary N) is 1. The molecule has 0 radical (unpaired) electrons. The highest BCUT2D eigenvalue weighted by Crippen LogP contribution is 2.40. The van der Waals surface area contributed by atoms with Crippen LogP contribution in [0, 0.1) is 0 Å². The molecule has 39 heavy (non-hydrogen) atoms. The van der Waals surface area contributed by atoms with E-state index in [0.29, 0.717) is 17.0 Å². The van der Waals surface area contributed by atoms with E-state index >= 15 is 0 Å². The van der Waals surface area contributed by atoms with Gasteiger partial charge in [0.05, 0.1) is 5.56 Å². The highest BCUT2D eigenvalue weighted by molar-refractivity contribution is 7.97.